The van der Waals surface area contributed by atoms with Gasteiger partial charge < -0.3 is 0 Å². The highest BCUT2D eigenvalue weighted by Crippen LogP contribution is 2.40. The summed E-state index contributed by atoms with van der Waals surface area (Å²) in [6.07, 6.45) is 2.12. The van der Waals surface area contributed by atoms with Crippen LogP contribution < -0.4 is 0 Å². The van der Waals surface area contributed by atoms with Crippen molar-refractivity contribution < 1.29 is 0 Å². The molecule has 0 saturated heterocycles. The first-order chi connectivity index (χ1) is 26.3. The first-order valence-electron chi connectivity index (χ1n) is 17.9. The Balaban J connectivity index is 1.16. The van der Waals surface area contributed by atoms with Gasteiger partial charge in [-0.05, 0) is 74.8 Å². The zero-order valence-electron chi connectivity index (χ0n) is 28.6. The van der Waals surface area contributed by atoms with E-state index in [1.54, 1.807) is 0 Å². The predicted octanol–water partition coefficient (Wildman–Crippen LogP) is 12.6. The number of hydrogen-bond acceptors (Lipinski definition) is 3. The van der Waals surface area contributed by atoms with Gasteiger partial charge in [-0.15, -0.1) is 0 Å². The van der Waals surface area contributed by atoms with Crippen LogP contribution in [0.5, 0.6) is 0 Å². The Hall–Kier alpha value is -7.17. The molecule has 0 radical (unpaired) electrons. The molecule has 0 saturated carbocycles. The van der Waals surface area contributed by atoms with Gasteiger partial charge in [0.15, 0.2) is 0 Å². The third kappa shape index (κ3) is 4.73. The molecule has 246 valence electrons. The quantitative estimate of drug-likeness (QED) is 0.175. The molecule has 3 aromatic heterocycles. The Morgan fingerprint density at radius 3 is 1.60 bits per heavy atom. The van der Waals surface area contributed by atoms with E-state index < -0.39 is 0 Å². The summed E-state index contributed by atoms with van der Waals surface area (Å²) < 4.78 is 2.22. The minimum atomic E-state index is 0.876. The number of nitrogens with zero attached hydrogens (tertiary/aromatic N) is 4. The second kappa shape index (κ2) is 11.7. The van der Waals surface area contributed by atoms with E-state index in [4.69, 9.17) is 15.0 Å². The number of rotatable bonds is 4. The largest absolute Gasteiger partial charge is 0.299 e. The molecule has 0 aliphatic heterocycles. The zero-order valence-corrected chi connectivity index (χ0v) is 28.6. The van der Waals surface area contributed by atoms with Crippen molar-refractivity contribution in [2.75, 3.05) is 0 Å². The lowest BCUT2D eigenvalue weighted by Gasteiger charge is -2.14. The molecule has 0 N–H and O–H groups in total. The normalized spacial score (nSPS) is 11.8. The van der Waals surface area contributed by atoms with Crippen LogP contribution in [0.25, 0.3) is 105 Å². The monoisotopic (exact) mass is 674 g/mol. The summed E-state index contributed by atoms with van der Waals surface area (Å²) in [5.74, 6) is 0. The van der Waals surface area contributed by atoms with Crippen molar-refractivity contribution in [1.29, 1.82) is 0 Å². The van der Waals surface area contributed by atoms with Gasteiger partial charge in [-0.1, -0.05) is 140 Å². The summed E-state index contributed by atoms with van der Waals surface area (Å²) in [5, 5.41) is 6.93. The number of hydrogen-bond donors (Lipinski definition) is 0. The van der Waals surface area contributed by atoms with Crippen LogP contribution in [0.4, 0.5) is 0 Å². The lowest BCUT2D eigenvalue weighted by molar-refractivity contribution is 1.23. The number of pyridine rings is 1. The van der Waals surface area contributed by atoms with Crippen molar-refractivity contribution in [2.45, 2.75) is 0 Å². The van der Waals surface area contributed by atoms with Crippen LogP contribution in [-0.4, -0.2) is 19.4 Å². The summed E-state index contributed by atoms with van der Waals surface area (Å²) in [4.78, 5) is 15.8. The van der Waals surface area contributed by atoms with Crippen molar-refractivity contribution >= 4 is 60.0 Å². The summed E-state index contributed by atoms with van der Waals surface area (Å²) >= 11 is 0. The second-order valence-electron chi connectivity index (χ2n) is 13.6. The molecular weight excluding hydrogens is 645 g/mol. The molecule has 4 heteroatoms. The molecule has 0 aliphatic rings. The van der Waals surface area contributed by atoms with Gasteiger partial charge in [-0.3, -0.25) is 4.40 Å². The molecular formula is C49H30N4. The summed E-state index contributed by atoms with van der Waals surface area (Å²) in [6, 6.07) is 62.2. The van der Waals surface area contributed by atoms with E-state index in [0.29, 0.717) is 0 Å². The number of fused-ring (bicyclic) bond motifs is 11. The molecule has 11 aromatic rings. The highest BCUT2D eigenvalue weighted by Gasteiger charge is 2.18. The fourth-order valence-electron chi connectivity index (χ4n) is 7.99. The molecule has 0 aliphatic carbocycles. The zero-order chi connectivity index (χ0) is 34.9. The van der Waals surface area contributed by atoms with E-state index in [1.807, 2.05) is 12.1 Å². The average molecular weight is 675 g/mol. The van der Waals surface area contributed by atoms with Crippen LogP contribution in [0.3, 0.4) is 0 Å². The van der Waals surface area contributed by atoms with Gasteiger partial charge in [-0.25, -0.2) is 15.0 Å². The van der Waals surface area contributed by atoms with E-state index in [-0.39, 0.29) is 0 Å². The second-order valence-corrected chi connectivity index (χ2v) is 13.6. The fraction of sp³-hybridized carbons (Fsp3) is 0. The van der Waals surface area contributed by atoms with Crippen molar-refractivity contribution in [1.82, 2.24) is 19.4 Å². The SMILES string of the molecule is c1ccc(-c2ccc3c(c2)c2cc(-c4ccc5ccc6nc(-c7ccccc7)c(-c7ccccc7)nc6c5c4)ccc2c2c3nc3ccccn32)cc1. The Kier molecular flexibility index (Phi) is 6.52. The maximum atomic E-state index is 5.40. The van der Waals surface area contributed by atoms with Crippen molar-refractivity contribution in [3.63, 3.8) is 0 Å². The van der Waals surface area contributed by atoms with Gasteiger partial charge >= 0.3 is 0 Å². The van der Waals surface area contributed by atoms with Crippen LogP contribution in [0.1, 0.15) is 0 Å². The highest BCUT2D eigenvalue weighted by atomic mass is 15.0. The number of aromatic nitrogens is 4. The van der Waals surface area contributed by atoms with Crippen molar-refractivity contribution in [3.8, 4) is 44.8 Å². The molecule has 4 nitrogen and oxygen atoms in total. The minimum Gasteiger partial charge on any atom is -0.299 e. The Morgan fingerprint density at radius 2 is 0.887 bits per heavy atom. The molecule has 0 atom stereocenters. The smallest absolute Gasteiger partial charge is 0.137 e. The Bertz CT molecular complexity index is 3200. The van der Waals surface area contributed by atoms with Gasteiger partial charge in [0.1, 0.15) is 5.65 Å². The number of benzene rings is 8. The van der Waals surface area contributed by atoms with Gasteiger partial charge in [0.2, 0.25) is 0 Å². The molecule has 0 bridgehead atoms. The van der Waals surface area contributed by atoms with Gasteiger partial charge in [0.05, 0.1) is 33.5 Å². The third-order valence-corrected chi connectivity index (χ3v) is 10.6. The van der Waals surface area contributed by atoms with Crippen LogP contribution in [0, 0.1) is 0 Å². The lowest BCUT2D eigenvalue weighted by Crippen LogP contribution is -1.96. The molecule has 0 fully saturated rings. The van der Waals surface area contributed by atoms with Crippen LogP contribution >= 0.6 is 0 Å². The van der Waals surface area contributed by atoms with E-state index in [1.165, 1.54) is 27.3 Å². The summed E-state index contributed by atoms with van der Waals surface area (Å²) in [7, 11) is 0. The Morgan fingerprint density at radius 1 is 0.340 bits per heavy atom. The van der Waals surface area contributed by atoms with E-state index in [0.717, 1.165) is 77.5 Å². The van der Waals surface area contributed by atoms with Crippen molar-refractivity contribution in [2.24, 2.45) is 0 Å². The average Bonchev–Trinajstić information content (AvgIpc) is 3.64. The maximum Gasteiger partial charge on any atom is 0.137 e. The van der Waals surface area contributed by atoms with Crippen LogP contribution in [0.15, 0.2) is 182 Å². The molecule has 0 amide bonds. The molecule has 8 aromatic carbocycles. The summed E-state index contributed by atoms with van der Waals surface area (Å²) in [6.45, 7) is 0. The van der Waals surface area contributed by atoms with E-state index in [9.17, 15) is 0 Å². The maximum absolute atomic E-state index is 5.40. The van der Waals surface area contributed by atoms with Gasteiger partial charge in [0, 0.05) is 33.5 Å². The highest BCUT2D eigenvalue weighted by molar-refractivity contribution is 6.25. The first kappa shape index (κ1) is 29.5. The van der Waals surface area contributed by atoms with Crippen LogP contribution in [0.2, 0.25) is 0 Å². The first-order valence-corrected chi connectivity index (χ1v) is 17.9. The minimum absolute atomic E-state index is 0.876. The van der Waals surface area contributed by atoms with Crippen molar-refractivity contribution in [3.05, 3.63) is 182 Å². The van der Waals surface area contributed by atoms with Crippen LogP contribution in [-0.2, 0) is 0 Å². The van der Waals surface area contributed by atoms with E-state index >= 15 is 0 Å². The third-order valence-electron chi connectivity index (χ3n) is 10.6. The number of imidazole rings is 1. The summed E-state index contributed by atoms with van der Waals surface area (Å²) in [5.41, 5.74) is 13.4. The lowest BCUT2D eigenvalue weighted by atomic mass is 9.93. The molecule has 11 rings (SSSR count). The van der Waals surface area contributed by atoms with Gasteiger partial charge in [0.25, 0.3) is 0 Å². The molecule has 0 unspecified atom stereocenters. The molecule has 53 heavy (non-hydrogen) atoms. The standard InChI is InChI=1S/C49H30N4/c1-4-12-31(13-5-1)35-21-24-38-41(29-35)42-30-37(22-25-39(42)49-48(38)51-44-18-10-11-27-53(44)49)36-20-19-32-23-26-43-47(40(32)28-36)52-46(34-16-8-3-9-17-34)45(50-43)33-14-6-2-7-15-33/h1-30H. The fourth-order valence-corrected chi connectivity index (χ4v) is 7.99. The molecule has 3 heterocycles. The topological polar surface area (TPSA) is 43.1 Å². The van der Waals surface area contributed by atoms with Gasteiger partial charge in [-0.2, -0.15) is 0 Å². The Labute approximate surface area is 305 Å². The van der Waals surface area contributed by atoms with E-state index in [2.05, 4.69) is 174 Å². The molecule has 0 spiro atoms. The predicted molar refractivity (Wildman–Crippen MR) is 220 cm³/mol.